The number of carbonyl (C=O) groups excluding carboxylic acids is 3. The molecule has 5 aliphatic rings. The molecule has 306 valence electrons. The molecule has 2 saturated carbocycles. The summed E-state index contributed by atoms with van der Waals surface area (Å²) in [6, 6.07) is 20.7. The van der Waals surface area contributed by atoms with Crippen LogP contribution in [0.5, 0.6) is 0 Å². The molecular formula is C48H49N7O5. The van der Waals surface area contributed by atoms with Gasteiger partial charge in [0.05, 0.1) is 41.3 Å². The number of nitrogens with zero attached hydrogens (tertiary/aromatic N) is 4. The van der Waals surface area contributed by atoms with E-state index in [2.05, 4.69) is 102 Å². The minimum absolute atomic E-state index is 0.0343. The van der Waals surface area contributed by atoms with Crippen molar-refractivity contribution in [1.82, 2.24) is 35.1 Å². The van der Waals surface area contributed by atoms with Gasteiger partial charge in [-0.2, -0.15) is 0 Å². The summed E-state index contributed by atoms with van der Waals surface area (Å²) in [5, 5.41) is 7.13. The van der Waals surface area contributed by atoms with Crippen LogP contribution in [0.4, 0.5) is 4.79 Å². The Bertz CT molecular complexity index is 2820. The van der Waals surface area contributed by atoms with E-state index in [1.165, 1.54) is 7.11 Å². The van der Waals surface area contributed by atoms with E-state index in [1.807, 2.05) is 15.9 Å². The van der Waals surface area contributed by atoms with Gasteiger partial charge < -0.3 is 34.6 Å². The fourth-order valence-corrected chi connectivity index (χ4v) is 11.2. The number of fused-ring (bicyclic) bond motifs is 9. The highest BCUT2D eigenvalue weighted by Crippen LogP contribution is 2.58. The smallest absolute Gasteiger partial charge is 0.407 e. The fraction of sp³-hybridized carbons (Fsp3) is 0.396. The monoisotopic (exact) mass is 803 g/mol. The second kappa shape index (κ2) is 14.0. The van der Waals surface area contributed by atoms with E-state index in [0.29, 0.717) is 23.7 Å². The van der Waals surface area contributed by atoms with Gasteiger partial charge in [-0.15, -0.1) is 0 Å². The van der Waals surface area contributed by atoms with Crippen LogP contribution in [0.1, 0.15) is 69.7 Å². The maximum Gasteiger partial charge on any atom is 0.407 e. The summed E-state index contributed by atoms with van der Waals surface area (Å²) in [4.78, 5) is 61.7. The Hall–Kier alpha value is -6.01. The standard InChI is InChI=1S/C48H49N7O5/c1-24-5-7-26(8-6-24)40(53-48(58)60-4)47(57)55-38(22-35-25(2)43(35)55)45-49-36-17-12-29-19-27(10-15-33(29)41(36)51-45)28-11-16-34-30(20-28)13-18-37-42(34)52-46(50-37)44-31-9-14-32(21-31)54(44)39(56)23-59-3/h5,7-8,10-13,15-20,24-25,31-32,35,38,40,43-44H,6,9,14,21-23H2,1-4H3,(H,49,51)(H,50,52)(H,53,58)/t24?,25?,31-,32+,35?,38-,40+,43?,44-/m0/s1. The summed E-state index contributed by atoms with van der Waals surface area (Å²) in [7, 11) is 2.90. The van der Waals surface area contributed by atoms with Crippen LogP contribution in [-0.2, 0) is 19.1 Å². The highest BCUT2D eigenvalue weighted by atomic mass is 16.5. The van der Waals surface area contributed by atoms with E-state index in [0.717, 1.165) is 104 Å². The van der Waals surface area contributed by atoms with Gasteiger partial charge in [-0.05, 0) is 108 Å². The highest BCUT2D eigenvalue weighted by Gasteiger charge is 2.61. The molecule has 0 radical (unpaired) electrons. The first-order chi connectivity index (χ1) is 29.2. The third-order valence-corrected chi connectivity index (χ3v) is 14.3. The number of piperidine rings is 2. The van der Waals surface area contributed by atoms with Crippen LogP contribution in [0.25, 0.3) is 54.7 Å². The van der Waals surface area contributed by atoms with Crippen molar-refractivity contribution in [3.63, 3.8) is 0 Å². The lowest BCUT2D eigenvalue weighted by Gasteiger charge is -2.34. The van der Waals surface area contributed by atoms with E-state index >= 15 is 0 Å². The van der Waals surface area contributed by atoms with Crippen molar-refractivity contribution in [2.24, 2.45) is 23.7 Å². The average molecular weight is 804 g/mol. The summed E-state index contributed by atoms with van der Waals surface area (Å²) in [6.45, 7) is 4.42. The normalized spacial score (nSPS) is 27.2. The van der Waals surface area contributed by atoms with E-state index in [4.69, 9.17) is 19.4 Å². The van der Waals surface area contributed by atoms with Crippen LogP contribution in [0.3, 0.4) is 0 Å². The first kappa shape index (κ1) is 37.0. The number of alkyl carbamates (subject to hydrolysis) is 1. The second-order valence-corrected chi connectivity index (χ2v) is 17.8. The Labute approximate surface area is 347 Å². The largest absolute Gasteiger partial charge is 0.453 e. The maximum absolute atomic E-state index is 14.5. The lowest BCUT2D eigenvalue weighted by Crippen LogP contribution is -2.50. The summed E-state index contributed by atoms with van der Waals surface area (Å²) in [5.74, 6) is 3.09. The Balaban J connectivity index is 0.887. The van der Waals surface area contributed by atoms with Crippen molar-refractivity contribution in [3.05, 3.63) is 96.1 Å². The van der Waals surface area contributed by atoms with E-state index in [-0.39, 0.29) is 42.6 Å². The molecule has 9 atom stereocenters. The number of allylic oxidation sites excluding steroid dienone is 2. The van der Waals surface area contributed by atoms with Crippen molar-refractivity contribution < 1.29 is 23.9 Å². The van der Waals surface area contributed by atoms with E-state index < -0.39 is 12.1 Å². The van der Waals surface area contributed by atoms with Gasteiger partial charge in [0.2, 0.25) is 5.91 Å². The number of aromatic amines is 2. The molecule has 11 rings (SSSR count). The van der Waals surface area contributed by atoms with Crippen molar-refractivity contribution in [2.45, 2.75) is 76.2 Å². The molecule has 6 aromatic rings. The first-order valence-electron chi connectivity index (χ1n) is 21.4. The van der Waals surface area contributed by atoms with Crippen molar-refractivity contribution in [3.8, 4) is 11.1 Å². The molecule has 4 fully saturated rings. The molecule has 3 amide bonds. The molecule has 4 heterocycles. The van der Waals surface area contributed by atoms with Crippen molar-refractivity contribution >= 4 is 61.5 Å². The number of rotatable bonds is 8. The average Bonchev–Trinajstić information content (AvgIpc) is 3.97. The highest BCUT2D eigenvalue weighted by molar-refractivity contribution is 6.07. The number of ether oxygens (including phenoxy) is 2. The Morgan fingerprint density at radius 3 is 2.18 bits per heavy atom. The topological polar surface area (TPSA) is 146 Å². The summed E-state index contributed by atoms with van der Waals surface area (Å²) in [6.07, 6.45) is 10.3. The van der Waals surface area contributed by atoms with E-state index in [9.17, 15) is 14.4 Å². The SMILES string of the molecule is COCC(=O)N1[C@@H]2CC[C@@H](C2)[C@H]1c1nc2c(ccc3cc(-c4ccc5c(ccc6[nH]c([C@@H]7CC8C(C)C8N7C(=O)[C@H](NC(=O)OC)C7=CCC(C)C=C7)nc65)c4)ccc32)[nH]1. The minimum Gasteiger partial charge on any atom is -0.453 e. The van der Waals surface area contributed by atoms with Crippen LogP contribution in [-0.4, -0.2) is 86.6 Å². The molecule has 4 aromatic carbocycles. The minimum atomic E-state index is -0.840. The third kappa shape index (κ3) is 5.85. The Morgan fingerprint density at radius 2 is 1.53 bits per heavy atom. The number of methoxy groups -OCH3 is 2. The van der Waals surface area contributed by atoms with Crippen molar-refractivity contribution in [1.29, 1.82) is 0 Å². The molecule has 3 aliphatic carbocycles. The number of likely N-dealkylation sites (tertiary alicyclic amines) is 2. The number of benzene rings is 4. The predicted molar refractivity (Wildman–Crippen MR) is 230 cm³/mol. The fourth-order valence-electron chi connectivity index (χ4n) is 11.2. The number of aromatic nitrogens is 4. The van der Waals surface area contributed by atoms with Gasteiger partial charge in [0.15, 0.2) is 0 Å². The van der Waals surface area contributed by atoms with Gasteiger partial charge in [-0.25, -0.2) is 14.8 Å². The first-order valence-corrected chi connectivity index (χ1v) is 21.4. The number of hydrogen-bond donors (Lipinski definition) is 3. The number of carbonyl (C=O) groups is 3. The zero-order valence-corrected chi connectivity index (χ0v) is 34.3. The van der Waals surface area contributed by atoms with Crippen molar-refractivity contribution in [2.75, 3.05) is 20.8 Å². The van der Waals surface area contributed by atoms with Gasteiger partial charge in [0, 0.05) is 30.0 Å². The molecule has 3 N–H and O–H groups in total. The van der Waals surface area contributed by atoms with Crippen LogP contribution >= 0.6 is 0 Å². The molecule has 2 bridgehead atoms. The second-order valence-electron chi connectivity index (χ2n) is 17.8. The molecule has 0 spiro atoms. The quantitative estimate of drug-likeness (QED) is 0.141. The van der Waals surface area contributed by atoms with Gasteiger partial charge in [-0.3, -0.25) is 9.59 Å². The molecule has 2 saturated heterocycles. The van der Waals surface area contributed by atoms with Crippen LogP contribution in [0.15, 0.2) is 84.5 Å². The zero-order chi connectivity index (χ0) is 41.0. The molecule has 2 aromatic heterocycles. The number of hydrogen-bond acceptors (Lipinski definition) is 7. The van der Waals surface area contributed by atoms with Gasteiger partial charge in [0.1, 0.15) is 24.3 Å². The Kier molecular flexibility index (Phi) is 8.67. The van der Waals surface area contributed by atoms with Crippen LogP contribution in [0, 0.1) is 23.7 Å². The molecule has 2 aliphatic heterocycles. The number of amides is 3. The summed E-state index contributed by atoms with van der Waals surface area (Å²) in [5.41, 5.74) is 6.69. The lowest BCUT2D eigenvalue weighted by atomic mass is 9.93. The summed E-state index contributed by atoms with van der Waals surface area (Å²) >= 11 is 0. The predicted octanol–water partition coefficient (Wildman–Crippen LogP) is 8.27. The molecule has 12 nitrogen and oxygen atoms in total. The van der Waals surface area contributed by atoms with Crippen LogP contribution < -0.4 is 5.32 Å². The number of H-pyrrole nitrogens is 2. The maximum atomic E-state index is 14.5. The zero-order valence-electron chi connectivity index (χ0n) is 34.3. The van der Waals surface area contributed by atoms with Gasteiger partial charge in [0.25, 0.3) is 5.91 Å². The summed E-state index contributed by atoms with van der Waals surface area (Å²) < 4.78 is 10.2. The van der Waals surface area contributed by atoms with Crippen LogP contribution in [0.2, 0.25) is 0 Å². The number of imidazole rings is 2. The third-order valence-electron chi connectivity index (χ3n) is 14.3. The molecule has 12 heteroatoms. The van der Waals surface area contributed by atoms with E-state index in [1.54, 1.807) is 7.11 Å². The lowest BCUT2D eigenvalue weighted by molar-refractivity contribution is -0.140. The van der Waals surface area contributed by atoms with Gasteiger partial charge >= 0.3 is 6.09 Å². The van der Waals surface area contributed by atoms with Gasteiger partial charge in [-0.1, -0.05) is 68.5 Å². The molecule has 4 unspecified atom stereocenters. The molecule has 60 heavy (non-hydrogen) atoms. The number of nitrogens with one attached hydrogen (secondary N) is 3. The Morgan fingerprint density at radius 1 is 0.850 bits per heavy atom. The molecular weight excluding hydrogens is 755 g/mol.